The van der Waals surface area contributed by atoms with Crippen LogP contribution in [-0.2, 0) is 21.4 Å². The number of halogens is 1. The van der Waals surface area contributed by atoms with Crippen LogP contribution in [0.2, 0.25) is 0 Å². The second-order valence-corrected chi connectivity index (χ2v) is 9.87. The van der Waals surface area contributed by atoms with Crippen LogP contribution in [0.4, 0.5) is 10.2 Å². The quantitative estimate of drug-likeness (QED) is 0.505. The van der Waals surface area contributed by atoms with Crippen molar-refractivity contribution in [1.82, 2.24) is 14.6 Å². The van der Waals surface area contributed by atoms with Gasteiger partial charge in [0.1, 0.15) is 17.7 Å². The molecule has 176 valence electrons. The first-order valence-electron chi connectivity index (χ1n) is 10.8. The lowest BCUT2D eigenvalue weighted by Crippen LogP contribution is -2.45. The predicted molar refractivity (Wildman–Crippen MR) is 129 cm³/mol. The molecule has 1 aliphatic heterocycles. The molecule has 0 radical (unpaired) electrons. The zero-order valence-corrected chi connectivity index (χ0v) is 19.6. The minimum atomic E-state index is -3.97. The minimum Gasteiger partial charge on any atom is -0.373 e. The third kappa shape index (κ3) is 5.00. The molecule has 0 saturated carbocycles. The van der Waals surface area contributed by atoms with Crippen molar-refractivity contribution in [1.29, 1.82) is 0 Å². The zero-order valence-electron chi connectivity index (χ0n) is 18.8. The Morgan fingerprint density at radius 3 is 2.50 bits per heavy atom. The number of pyridine rings is 1. The molecule has 1 atom stereocenters. The fraction of sp³-hybridized carbons (Fsp3) is 0.200. The van der Waals surface area contributed by atoms with Gasteiger partial charge < -0.3 is 10.6 Å². The van der Waals surface area contributed by atoms with E-state index in [9.17, 15) is 17.6 Å². The van der Waals surface area contributed by atoms with E-state index in [1.165, 1.54) is 12.1 Å². The van der Waals surface area contributed by atoms with Gasteiger partial charge in [0.25, 0.3) is 0 Å². The summed E-state index contributed by atoms with van der Waals surface area (Å²) in [6, 6.07) is 15.3. The van der Waals surface area contributed by atoms with Crippen LogP contribution >= 0.6 is 0 Å². The highest BCUT2D eigenvalue weighted by atomic mass is 32.2. The van der Waals surface area contributed by atoms with Crippen LogP contribution in [0.3, 0.4) is 0 Å². The molecule has 1 amide bonds. The summed E-state index contributed by atoms with van der Waals surface area (Å²) in [4.78, 5) is 17.5. The number of aromatic nitrogens is 1. The van der Waals surface area contributed by atoms with Gasteiger partial charge in [0.2, 0.25) is 15.9 Å². The van der Waals surface area contributed by atoms with Crippen molar-refractivity contribution in [3.8, 4) is 11.3 Å². The first kappa shape index (κ1) is 23.6. The lowest BCUT2D eigenvalue weighted by molar-refractivity contribution is -0.123. The minimum absolute atomic E-state index is 0.0639. The number of aryl methyl sites for hydroxylation is 1. The van der Waals surface area contributed by atoms with Crippen LogP contribution in [0.1, 0.15) is 11.1 Å². The molecule has 3 aromatic rings. The van der Waals surface area contributed by atoms with Crippen LogP contribution in [0.5, 0.6) is 0 Å². The van der Waals surface area contributed by atoms with Crippen LogP contribution in [-0.4, -0.2) is 43.2 Å². The third-order valence-electron chi connectivity index (χ3n) is 5.56. The van der Waals surface area contributed by atoms with Gasteiger partial charge in [-0.05, 0) is 48.9 Å². The molecule has 1 aliphatic rings. The van der Waals surface area contributed by atoms with Crippen molar-refractivity contribution in [2.24, 2.45) is 0 Å². The first-order chi connectivity index (χ1) is 16.3. The summed E-state index contributed by atoms with van der Waals surface area (Å²) >= 11 is 0. The van der Waals surface area contributed by atoms with E-state index >= 15 is 0 Å². The van der Waals surface area contributed by atoms with Gasteiger partial charge in [-0.1, -0.05) is 42.0 Å². The van der Waals surface area contributed by atoms with Crippen molar-refractivity contribution < 1.29 is 17.6 Å². The molecule has 0 bridgehead atoms. The summed E-state index contributed by atoms with van der Waals surface area (Å²) in [5, 5.41) is 5.86. The van der Waals surface area contributed by atoms with E-state index in [-0.39, 0.29) is 18.0 Å². The smallest absolute Gasteiger partial charge is 0.244 e. The van der Waals surface area contributed by atoms with Crippen LogP contribution in [0.15, 0.2) is 77.7 Å². The van der Waals surface area contributed by atoms with Gasteiger partial charge in [-0.2, -0.15) is 4.31 Å². The van der Waals surface area contributed by atoms with Gasteiger partial charge in [-0.25, -0.2) is 17.8 Å². The number of hydrogen-bond acceptors (Lipinski definition) is 5. The summed E-state index contributed by atoms with van der Waals surface area (Å²) < 4.78 is 40.4. The van der Waals surface area contributed by atoms with Gasteiger partial charge >= 0.3 is 0 Å². The number of carbonyl (C=O) groups excluding carboxylic acids is 1. The van der Waals surface area contributed by atoms with E-state index in [0.717, 1.165) is 38.8 Å². The molecular formula is C25H25FN4O3S. The molecule has 34 heavy (non-hydrogen) atoms. The Kier molecular flexibility index (Phi) is 6.76. The summed E-state index contributed by atoms with van der Waals surface area (Å²) in [6.07, 6.45) is 3.19. The van der Waals surface area contributed by atoms with E-state index in [2.05, 4.69) is 15.6 Å². The number of rotatable bonds is 7. The van der Waals surface area contributed by atoms with E-state index in [1.54, 1.807) is 19.2 Å². The molecule has 2 N–H and O–H groups in total. The van der Waals surface area contributed by atoms with Crippen molar-refractivity contribution in [3.05, 3.63) is 89.8 Å². The van der Waals surface area contributed by atoms with Crippen LogP contribution in [0.25, 0.3) is 11.3 Å². The van der Waals surface area contributed by atoms with Crippen LogP contribution < -0.4 is 10.6 Å². The molecule has 0 fully saturated rings. The monoisotopic (exact) mass is 480 g/mol. The van der Waals surface area contributed by atoms with E-state index in [1.807, 2.05) is 43.3 Å². The maximum Gasteiger partial charge on any atom is 0.244 e. The summed E-state index contributed by atoms with van der Waals surface area (Å²) in [6.45, 7) is 2.28. The molecule has 0 unspecified atom stereocenters. The Labute approximate surface area is 198 Å². The van der Waals surface area contributed by atoms with E-state index in [4.69, 9.17) is 0 Å². The molecule has 2 heterocycles. The molecule has 4 rings (SSSR count). The van der Waals surface area contributed by atoms with Gasteiger partial charge in [0.15, 0.2) is 0 Å². The van der Waals surface area contributed by atoms with Gasteiger partial charge in [-0.3, -0.25) is 4.79 Å². The molecular weight excluding hydrogens is 455 g/mol. The SMILES string of the molecule is CNc1cc(CNC(=O)[C@@H]2C=CCN2S(=O)(=O)c2ccc(F)cc2)cc(-c2ccc(C)cc2)n1. The molecule has 2 aromatic carbocycles. The van der Waals surface area contributed by atoms with Crippen molar-refractivity contribution >= 4 is 21.7 Å². The lowest BCUT2D eigenvalue weighted by atomic mass is 10.1. The predicted octanol–water partition coefficient (Wildman–Crippen LogP) is 3.48. The molecule has 1 aromatic heterocycles. The summed E-state index contributed by atoms with van der Waals surface area (Å²) in [5.74, 6) is -0.321. The lowest BCUT2D eigenvalue weighted by Gasteiger charge is -2.23. The topological polar surface area (TPSA) is 91.4 Å². The van der Waals surface area contributed by atoms with Crippen molar-refractivity contribution in [3.63, 3.8) is 0 Å². The molecule has 7 nitrogen and oxygen atoms in total. The molecule has 0 aliphatic carbocycles. The number of anilines is 1. The van der Waals surface area contributed by atoms with Crippen molar-refractivity contribution in [2.45, 2.75) is 24.4 Å². The van der Waals surface area contributed by atoms with Gasteiger partial charge in [-0.15, -0.1) is 0 Å². The second kappa shape index (κ2) is 9.74. The number of amides is 1. The standard InChI is InChI=1S/C25H25FN4O3S/c1-17-5-7-19(8-6-17)22-14-18(15-24(27-2)29-22)16-28-25(31)23-4-3-13-30(23)34(32,33)21-11-9-20(26)10-12-21/h3-12,14-15,23H,13,16H2,1-2H3,(H,27,29)(H,28,31)/t23-/m0/s1. The Balaban J connectivity index is 1.50. The number of nitrogens with one attached hydrogen (secondary N) is 2. The van der Waals surface area contributed by atoms with Crippen molar-refractivity contribution in [2.75, 3.05) is 18.9 Å². The number of benzene rings is 2. The Morgan fingerprint density at radius 2 is 1.82 bits per heavy atom. The Bertz CT molecular complexity index is 1320. The highest BCUT2D eigenvalue weighted by molar-refractivity contribution is 7.89. The van der Waals surface area contributed by atoms with Gasteiger partial charge in [0, 0.05) is 25.7 Å². The van der Waals surface area contributed by atoms with Gasteiger partial charge in [0.05, 0.1) is 10.6 Å². The number of sulfonamides is 1. The third-order valence-corrected chi connectivity index (χ3v) is 7.42. The summed E-state index contributed by atoms with van der Waals surface area (Å²) in [5.41, 5.74) is 3.67. The number of hydrogen-bond donors (Lipinski definition) is 2. The van der Waals surface area contributed by atoms with E-state index in [0.29, 0.717) is 5.82 Å². The highest BCUT2D eigenvalue weighted by Crippen LogP contribution is 2.24. The van der Waals surface area contributed by atoms with E-state index < -0.39 is 27.8 Å². The average Bonchev–Trinajstić information content (AvgIpc) is 3.34. The number of carbonyl (C=O) groups is 1. The summed E-state index contributed by atoms with van der Waals surface area (Å²) in [7, 11) is -2.20. The van der Waals surface area contributed by atoms with Crippen LogP contribution in [0, 0.1) is 12.7 Å². The Morgan fingerprint density at radius 1 is 1.12 bits per heavy atom. The fourth-order valence-corrected chi connectivity index (χ4v) is 5.19. The molecule has 0 spiro atoms. The normalized spacial score (nSPS) is 15.9. The second-order valence-electron chi connectivity index (χ2n) is 7.98. The maximum atomic E-state index is 13.2. The fourth-order valence-electron chi connectivity index (χ4n) is 3.69. The first-order valence-corrected chi connectivity index (χ1v) is 12.2. The molecule has 0 saturated heterocycles. The average molecular weight is 481 g/mol. The molecule has 9 heteroatoms. The maximum absolute atomic E-state index is 13.2. The number of nitrogens with zero attached hydrogens (tertiary/aromatic N) is 2. The zero-order chi connectivity index (χ0) is 24.3. The highest BCUT2D eigenvalue weighted by Gasteiger charge is 2.36. The Hall–Kier alpha value is -3.56. The largest absolute Gasteiger partial charge is 0.373 e.